The van der Waals surface area contributed by atoms with Crippen molar-refractivity contribution in [2.75, 3.05) is 39.4 Å². The first-order valence-corrected chi connectivity index (χ1v) is 6.90. The third-order valence-electron chi connectivity index (χ3n) is 3.70. The fourth-order valence-corrected chi connectivity index (χ4v) is 2.30. The first-order chi connectivity index (χ1) is 9.08. The van der Waals surface area contributed by atoms with E-state index in [-0.39, 0.29) is 5.91 Å². The maximum Gasteiger partial charge on any atom is 0.307 e. The largest absolute Gasteiger partial charge is 0.481 e. The van der Waals surface area contributed by atoms with Crippen molar-refractivity contribution in [1.82, 2.24) is 9.80 Å². The van der Waals surface area contributed by atoms with E-state index in [9.17, 15) is 9.59 Å². The number of carbonyl (C=O) groups is 2. The van der Waals surface area contributed by atoms with Crippen molar-refractivity contribution in [3.05, 3.63) is 0 Å². The normalized spacial score (nSPS) is 21.5. The van der Waals surface area contributed by atoms with E-state index in [0.29, 0.717) is 45.4 Å². The number of carbonyl (C=O) groups excluding carboxylic acids is 1. The zero-order valence-electron chi connectivity index (χ0n) is 11.4. The monoisotopic (exact) mass is 270 g/mol. The van der Waals surface area contributed by atoms with Crippen molar-refractivity contribution in [3.8, 4) is 0 Å². The standard InChI is InChI=1S/C13H22N2O4/c1-10(13(17)18)8-15(11-2-3-11)9-12(16)14-4-6-19-7-5-14/h10-11H,2-9H2,1H3,(H,17,18). The van der Waals surface area contributed by atoms with Gasteiger partial charge in [0.15, 0.2) is 0 Å². The molecular formula is C13H22N2O4. The molecule has 1 saturated heterocycles. The highest BCUT2D eigenvalue weighted by Crippen LogP contribution is 2.27. The Morgan fingerprint density at radius 3 is 2.53 bits per heavy atom. The van der Waals surface area contributed by atoms with Crippen LogP contribution in [0.15, 0.2) is 0 Å². The molecule has 1 heterocycles. The van der Waals surface area contributed by atoms with Crippen molar-refractivity contribution in [2.24, 2.45) is 5.92 Å². The minimum absolute atomic E-state index is 0.0905. The van der Waals surface area contributed by atoms with Crippen LogP contribution in [0.3, 0.4) is 0 Å². The molecule has 0 aromatic rings. The van der Waals surface area contributed by atoms with Gasteiger partial charge in [-0.1, -0.05) is 6.92 Å². The number of ether oxygens (including phenoxy) is 1. The SMILES string of the molecule is CC(CN(CC(=O)N1CCOCC1)C1CC1)C(=O)O. The van der Waals surface area contributed by atoms with Gasteiger partial charge in [-0.05, 0) is 12.8 Å². The number of nitrogens with zero attached hydrogens (tertiary/aromatic N) is 2. The van der Waals surface area contributed by atoms with Gasteiger partial charge in [-0.2, -0.15) is 0 Å². The average molecular weight is 270 g/mol. The van der Waals surface area contributed by atoms with Crippen LogP contribution in [-0.4, -0.2) is 72.2 Å². The molecule has 1 atom stereocenters. The van der Waals surface area contributed by atoms with Crippen LogP contribution in [0.2, 0.25) is 0 Å². The number of amides is 1. The molecule has 1 aliphatic heterocycles. The summed E-state index contributed by atoms with van der Waals surface area (Å²) in [5.41, 5.74) is 0. The average Bonchev–Trinajstić information content (AvgIpc) is 3.23. The zero-order valence-corrected chi connectivity index (χ0v) is 11.4. The predicted molar refractivity (Wildman–Crippen MR) is 68.8 cm³/mol. The summed E-state index contributed by atoms with van der Waals surface area (Å²) in [5.74, 6) is -1.14. The van der Waals surface area contributed by atoms with E-state index in [1.54, 1.807) is 6.92 Å². The Kier molecular flexibility index (Phi) is 4.76. The van der Waals surface area contributed by atoms with Crippen molar-refractivity contribution in [2.45, 2.75) is 25.8 Å². The van der Waals surface area contributed by atoms with Gasteiger partial charge in [0.2, 0.25) is 5.91 Å². The van der Waals surface area contributed by atoms with Crippen molar-refractivity contribution < 1.29 is 19.4 Å². The minimum atomic E-state index is -0.801. The first-order valence-electron chi connectivity index (χ1n) is 6.90. The summed E-state index contributed by atoms with van der Waals surface area (Å²) in [6, 6.07) is 0.395. The Hall–Kier alpha value is -1.14. The summed E-state index contributed by atoms with van der Waals surface area (Å²) >= 11 is 0. The Labute approximate surface area is 113 Å². The lowest BCUT2D eigenvalue weighted by Crippen LogP contribution is -2.47. The summed E-state index contributed by atoms with van der Waals surface area (Å²) in [6.07, 6.45) is 2.14. The highest BCUT2D eigenvalue weighted by molar-refractivity contribution is 5.78. The van der Waals surface area contributed by atoms with E-state index >= 15 is 0 Å². The molecule has 1 N–H and O–H groups in total. The van der Waals surface area contributed by atoms with Gasteiger partial charge in [0.25, 0.3) is 0 Å². The molecule has 2 aliphatic rings. The molecule has 6 heteroatoms. The van der Waals surface area contributed by atoms with Gasteiger partial charge < -0.3 is 14.7 Å². The molecule has 1 saturated carbocycles. The summed E-state index contributed by atoms with van der Waals surface area (Å²) in [6.45, 7) is 4.97. The van der Waals surface area contributed by atoms with E-state index in [1.807, 2.05) is 9.80 Å². The van der Waals surface area contributed by atoms with Crippen LogP contribution >= 0.6 is 0 Å². The second-order valence-electron chi connectivity index (χ2n) is 5.39. The van der Waals surface area contributed by atoms with E-state index < -0.39 is 11.9 Å². The van der Waals surface area contributed by atoms with Gasteiger partial charge in [0.05, 0.1) is 25.7 Å². The summed E-state index contributed by atoms with van der Waals surface area (Å²) < 4.78 is 5.23. The molecule has 0 spiro atoms. The lowest BCUT2D eigenvalue weighted by Gasteiger charge is -2.30. The Morgan fingerprint density at radius 2 is 2.00 bits per heavy atom. The highest BCUT2D eigenvalue weighted by Gasteiger charge is 2.33. The van der Waals surface area contributed by atoms with E-state index in [4.69, 9.17) is 9.84 Å². The summed E-state index contributed by atoms with van der Waals surface area (Å²) in [7, 11) is 0. The minimum Gasteiger partial charge on any atom is -0.481 e. The fraction of sp³-hybridized carbons (Fsp3) is 0.846. The van der Waals surface area contributed by atoms with Crippen LogP contribution in [0.1, 0.15) is 19.8 Å². The molecule has 6 nitrogen and oxygen atoms in total. The van der Waals surface area contributed by atoms with Gasteiger partial charge >= 0.3 is 5.97 Å². The van der Waals surface area contributed by atoms with Gasteiger partial charge in [0.1, 0.15) is 0 Å². The number of morpholine rings is 1. The third kappa shape index (κ3) is 4.18. The molecule has 108 valence electrons. The molecule has 0 aromatic heterocycles. The van der Waals surface area contributed by atoms with Gasteiger partial charge in [0, 0.05) is 25.7 Å². The number of carboxylic acids is 1. The van der Waals surface area contributed by atoms with Crippen molar-refractivity contribution in [1.29, 1.82) is 0 Å². The second kappa shape index (κ2) is 6.34. The predicted octanol–water partition coefficient (Wildman–Crippen LogP) is 0.0303. The van der Waals surface area contributed by atoms with Crippen LogP contribution < -0.4 is 0 Å². The molecule has 2 fully saturated rings. The summed E-state index contributed by atoms with van der Waals surface area (Å²) in [5, 5.41) is 8.98. The quantitative estimate of drug-likeness (QED) is 0.737. The maximum absolute atomic E-state index is 12.2. The smallest absolute Gasteiger partial charge is 0.307 e. The Bertz CT molecular complexity index is 338. The van der Waals surface area contributed by atoms with Crippen LogP contribution in [0, 0.1) is 5.92 Å². The van der Waals surface area contributed by atoms with Crippen molar-refractivity contribution in [3.63, 3.8) is 0 Å². The lowest BCUT2D eigenvalue weighted by molar-refractivity contribution is -0.143. The second-order valence-corrected chi connectivity index (χ2v) is 5.39. The Morgan fingerprint density at radius 1 is 1.37 bits per heavy atom. The van der Waals surface area contributed by atoms with Gasteiger partial charge in [-0.15, -0.1) is 0 Å². The molecule has 19 heavy (non-hydrogen) atoms. The number of rotatable bonds is 6. The summed E-state index contributed by atoms with van der Waals surface area (Å²) in [4.78, 5) is 26.9. The van der Waals surface area contributed by atoms with Crippen LogP contribution in [-0.2, 0) is 14.3 Å². The third-order valence-corrected chi connectivity index (χ3v) is 3.70. The van der Waals surface area contributed by atoms with Crippen LogP contribution in [0.25, 0.3) is 0 Å². The molecule has 1 amide bonds. The van der Waals surface area contributed by atoms with E-state index in [0.717, 1.165) is 12.8 Å². The van der Waals surface area contributed by atoms with Crippen LogP contribution in [0.4, 0.5) is 0 Å². The van der Waals surface area contributed by atoms with Gasteiger partial charge in [-0.3, -0.25) is 14.5 Å². The van der Waals surface area contributed by atoms with E-state index in [1.165, 1.54) is 0 Å². The van der Waals surface area contributed by atoms with E-state index in [2.05, 4.69) is 0 Å². The molecule has 0 aromatic carbocycles. The molecule has 1 unspecified atom stereocenters. The van der Waals surface area contributed by atoms with Crippen LogP contribution in [0.5, 0.6) is 0 Å². The fourth-order valence-electron chi connectivity index (χ4n) is 2.30. The maximum atomic E-state index is 12.2. The molecule has 0 bridgehead atoms. The number of hydrogen-bond acceptors (Lipinski definition) is 4. The number of carboxylic acid groups (broad SMARTS) is 1. The molecule has 1 aliphatic carbocycles. The van der Waals surface area contributed by atoms with Gasteiger partial charge in [-0.25, -0.2) is 0 Å². The van der Waals surface area contributed by atoms with Crippen molar-refractivity contribution >= 4 is 11.9 Å². The molecular weight excluding hydrogens is 248 g/mol. The highest BCUT2D eigenvalue weighted by atomic mass is 16.5. The Balaban J connectivity index is 1.85. The topological polar surface area (TPSA) is 70.1 Å². The molecule has 0 radical (unpaired) electrons. The first kappa shape index (κ1) is 14.3. The molecule has 2 rings (SSSR count). The lowest BCUT2D eigenvalue weighted by atomic mass is 10.1. The zero-order chi connectivity index (χ0) is 13.8. The number of hydrogen-bond donors (Lipinski definition) is 1. The number of aliphatic carboxylic acids is 1.